The lowest BCUT2D eigenvalue weighted by atomic mass is 10.1. The Morgan fingerprint density at radius 1 is 1.08 bits per heavy atom. The van der Waals surface area contributed by atoms with Gasteiger partial charge in [0.25, 0.3) is 5.91 Å². The molecule has 0 aliphatic rings. The highest BCUT2D eigenvalue weighted by Gasteiger charge is 2.19. The second kappa shape index (κ2) is 7.32. The largest absolute Gasteiger partial charge is 0.497 e. The van der Waals surface area contributed by atoms with E-state index in [1.54, 1.807) is 29.4 Å². The van der Waals surface area contributed by atoms with E-state index in [2.05, 4.69) is 0 Å². The molecule has 0 radical (unpaired) electrons. The van der Waals surface area contributed by atoms with Gasteiger partial charge in [0.1, 0.15) is 5.75 Å². The van der Waals surface area contributed by atoms with Crippen molar-refractivity contribution in [3.8, 4) is 5.75 Å². The predicted octanol–water partition coefficient (Wildman–Crippen LogP) is 4.91. The van der Waals surface area contributed by atoms with E-state index in [-0.39, 0.29) is 5.91 Å². The van der Waals surface area contributed by atoms with E-state index >= 15 is 0 Å². The highest BCUT2D eigenvalue weighted by molar-refractivity contribution is 7.09. The fraction of sp³-hybridized carbons (Fsp3) is 0.150. The fourth-order valence-corrected chi connectivity index (χ4v) is 3.17. The summed E-state index contributed by atoms with van der Waals surface area (Å²) in [7, 11) is 1.60. The van der Waals surface area contributed by atoms with Gasteiger partial charge in [0.2, 0.25) is 0 Å². The van der Waals surface area contributed by atoms with Crippen molar-refractivity contribution in [3.63, 3.8) is 0 Å². The summed E-state index contributed by atoms with van der Waals surface area (Å²) in [6.07, 6.45) is 0. The van der Waals surface area contributed by atoms with Crippen LogP contribution in [0.3, 0.4) is 0 Å². The predicted molar refractivity (Wildman–Crippen MR) is 99.0 cm³/mol. The molecule has 0 atom stereocenters. The number of hydrogen-bond donors (Lipinski definition) is 0. The van der Waals surface area contributed by atoms with E-state index in [4.69, 9.17) is 4.74 Å². The van der Waals surface area contributed by atoms with Crippen LogP contribution in [0, 0.1) is 6.92 Å². The van der Waals surface area contributed by atoms with Crippen molar-refractivity contribution in [2.75, 3.05) is 12.0 Å². The van der Waals surface area contributed by atoms with Crippen LogP contribution >= 0.6 is 11.3 Å². The number of thiophene rings is 1. The molecule has 0 N–H and O–H groups in total. The van der Waals surface area contributed by atoms with E-state index in [9.17, 15) is 4.79 Å². The Labute approximate surface area is 146 Å². The number of aryl methyl sites for hydroxylation is 1. The maximum absolute atomic E-state index is 13.1. The summed E-state index contributed by atoms with van der Waals surface area (Å²) < 4.78 is 5.24. The molecule has 0 saturated heterocycles. The molecule has 0 aliphatic carbocycles. The number of hydrogen-bond acceptors (Lipinski definition) is 3. The minimum atomic E-state index is -0.0360. The second-order valence-corrected chi connectivity index (χ2v) is 6.57. The van der Waals surface area contributed by atoms with Gasteiger partial charge in [-0.15, -0.1) is 11.3 Å². The van der Waals surface area contributed by atoms with Crippen LogP contribution in [-0.4, -0.2) is 13.0 Å². The third-order valence-corrected chi connectivity index (χ3v) is 4.66. The molecule has 122 valence electrons. The third kappa shape index (κ3) is 3.66. The number of rotatable bonds is 5. The zero-order chi connectivity index (χ0) is 16.9. The summed E-state index contributed by atoms with van der Waals surface area (Å²) in [6, 6.07) is 19.3. The molecular formula is C20H19NO2S. The van der Waals surface area contributed by atoms with Gasteiger partial charge in [-0.25, -0.2) is 0 Å². The zero-order valence-electron chi connectivity index (χ0n) is 13.7. The van der Waals surface area contributed by atoms with Crippen molar-refractivity contribution >= 4 is 22.9 Å². The molecule has 0 spiro atoms. The minimum Gasteiger partial charge on any atom is -0.497 e. The van der Waals surface area contributed by atoms with Crippen LogP contribution in [0.2, 0.25) is 0 Å². The lowest BCUT2D eigenvalue weighted by molar-refractivity contribution is 0.0985. The van der Waals surface area contributed by atoms with Crippen LogP contribution in [-0.2, 0) is 6.54 Å². The highest BCUT2D eigenvalue weighted by atomic mass is 32.1. The van der Waals surface area contributed by atoms with Gasteiger partial charge in [0, 0.05) is 16.1 Å². The van der Waals surface area contributed by atoms with Gasteiger partial charge < -0.3 is 9.64 Å². The first-order valence-electron chi connectivity index (χ1n) is 7.72. The highest BCUT2D eigenvalue weighted by Crippen LogP contribution is 2.24. The Kier molecular flexibility index (Phi) is 4.96. The Hall–Kier alpha value is -2.59. The van der Waals surface area contributed by atoms with Crippen LogP contribution < -0.4 is 9.64 Å². The summed E-state index contributed by atoms with van der Waals surface area (Å²) in [5, 5.41) is 2.03. The smallest absolute Gasteiger partial charge is 0.258 e. The van der Waals surface area contributed by atoms with E-state index in [1.165, 1.54) is 5.56 Å². The van der Waals surface area contributed by atoms with Crippen molar-refractivity contribution in [2.45, 2.75) is 13.5 Å². The maximum Gasteiger partial charge on any atom is 0.258 e. The molecule has 1 heterocycles. The zero-order valence-corrected chi connectivity index (χ0v) is 14.5. The van der Waals surface area contributed by atoms with E-state index in [0.717, 1.165) is 10.6 Å². The van der Waals surface area contributed by atoms with Crippen molar-refractivity contribution in [1.82, 2.24) is 0 Å². The number of methoxy groups -OCH3 is 1. The van der Waals surface area contributed by atoms with Crippen LogP contribution in [0.4, 0.5) is 5.69 Å². The summed E-state index contributed by atoms with van der Waals surface area (Å²) in [6.45, 7) is 2.59. The van der Waals surface area contributed by atoms with Crippen molar-refractivity contribution < 1.29 is 9.53 Å². The Balaban J connectivity index is 1.96. The average Bonchev–Trinajstić information content (AvgIpc) is 3.13. The van der Waals surface area contributed by atoms with Crippen LogP contribution in [0.5, 0.6) is 5.75 Å². The quantitative estimate of drug-likeness (QED) is 0.662. The normalized spacial score (nSPS) is 10.4. The third-order valence-electron chi connectivity index (χ3n) is 3.80. The van der Waals surface area contributed by atoms with Crippen LogP contribution in [0.15, 0.2) is 66.0 Å². The molecule has 1 aromatic heterocycles. The van der Waals surface area contributed by atoms with Gasteiger partial charge in [0.05, 0.1) is 13.7 Å². The number of carbonyl (C=O) groups is 1. The standard InChI is InChI=1S/C20H19NO2S/c1-15-8-10-17(11-9-15)21(14-19-7-4-12-24-19)20(22)16-5-3-6-18(13-16)23-2/h3-13H,14H2,1-2H3. The number of anilines is 1. The van der Waals surface area contributed by atoms with Crippen LogP contribution in [0.1, 0.15) is 20.8 Å². The minimum absolute atomic E-state index is 0.0360. The summed E-state index contributed by atoms with van der Waals surface area (Å²) in [5.41, 5.74) is 2.68. The van der Waals surface area contributed by atoms with Gasteiger partial charge in [-0.05, 0) is 48.7 Å². The first-order valence-corrected chi connectivity index (χ1v) is 8.60. The second-order valence-electron chi connectivity index (χ2n) is 5.54. The molecule has 2 aromatic carbocycles. The molecule has 3 nitrogen and oxygen atoms in total. The summed E-state index contributed by atoms with van der Waals surface area (Å²) in [5.74, 6) is 0.645. The molecule has 0 unspecified atom stereocenters. The summed E-state index contributed by atoms with van der Waals surface area (Å²) >= 11 is 1.65. The number of amides is 1. The monoisotopic (exact) mass is 337 g/mol. The number of carbonyl (C=O) groups excluding carboxylic acids is 1. The van der Waals surface area contributed by atoms with Gasteiger partial charge in [0.15, 0.2) is 0 Å². The van der Waals surface area contributed by atoms with Crippen molar-refractivity contribution in [3.05, 3.63) is 82.0 Å². The fourth-order valence-electron chi connectivity index (χ4n) is 2.48. The van der Waals surface area contributed by atoms with E-state index in [0.29, 0.717) is 17.9 Å². The summed E-state index contributed by atoms with van der Waals surface area (Å²) in [4.78, 5) is 16.1. The number of ether oxygens (including phenoxy) is 1. The van der Waals surface area contributed by atoms with E-state index in [1.807, 2.05) is 66.9 Å². The van der Waals surface area contributed by atoms with Gasteiger partial charge >= 0.3 is 0 Å². The first kappa shape index (κ1) is 16.3. The van der Waals surface area contributed by atoms with Crippen LogP contribution in [0.25, 0.3) is 0 Å². The average molecular weight is 337 g/mol. The van der Waals surface area contributed by atoms with Crippen molar-refractivity contribution in [2.24, 2.45) is 0 Å². The number of benzene rings is 2. The molecule has 0 fully saturated rings. The number of nitrogens with zero attached hydrogens (tertiary/aromatic N) is 1. The molecular weight excluding hydrogens is 318 g/mol. The first-order chi connectivity index (χ1) is 11.7. The SMILES string of the molecule is COc1cccc(C(=O)N(Cc2cccs2)c2ccc(C)cc2)c1. The lowest BCUT2D eigenvalue weighted by Crippen LogP contribution is -2.30. The van der Waals surface area contributed by atoms with Gasteiger partial charge in [-0.1, -0.05) is 29.8 Å². The Morgan fingerprint density at radius 3 is 2.54 bits per heavy atom. The molecule has 1 amide bonds. The van der Waals surface area contributed by atoms with Gasteiger partial charge in [-0.2, -0.15) is 0 Å². The lowest BCUT2D eigenvalue weighted by Gasteiger charge is -2.23. The molecule has 0 bridgehead atoms. The molecule has 24 heavy (non-hydrogen) atoms. The topological polar surface area (TPSA) is 29.5 Å². The molecule has 3 rings (SSSR count). The van der Waals surface area contributed by atoms with Gasteiger partial charge in [-0.3, -0.25) is 4.79 Å². The molecule has 0 aliphatic heterocycles. The van der Waals surface area contributed by atoms with Crippen molar-refractivity contribution in [1.29, 1.82) is 0 Å². The molecule has 4 heteroatoms. The molecule has 0 saturated carbocycles. The maximum atomic E-state index is 13.1. The molecule has 3 aromatic rings. The van der Waals surface area contributed by atoms with E-state index < -0.39 is 0 Å². The Bertz CT molecular complexity index is 810. The Morgan fingerprint density at radius 2 is 1.88 bits per heavy atom.